The average molecular weight is 230 g/mol. The summed E-state index contributed by atoms with van der Waals surface area (Å²) in [5.41, 5.74) is 5.48. The molecule has 0 aromatic rings. The molecule has 2 N–H and O–H groups in total. The summed E-state index contributed by atoms with van der Waals surface area (Å²) in [5.74, 6) is 2.41. The van der Waals surface area contributed by atoms with E-state index in [1.807, 2.05) is 16.7 Å². The van der Waals surface area contributed by atoms with Crippen LogP contribution in [0.25, 0.3) is 0 Å². The van der Waals surface area contributed by atoms with Crippen LogP contribution in [0.15, 0.2) is 0 Å². The highest BCUT2D eigenvalue weighted by atomic mass is 32.2. The van der Waals surface area contributed by atoms with E-state index in [0.29, 0.717) is 6.54 Å². The fourth-order valence-electron chi connectivity index (χ4n) is 2.03. The van der Waals surface area contributed by atoms with Gasteiger partial charge in [-0.15, -0.1) is 0 Å². The van der Waals surface area contributed by atoms with E-state index in [-0.39, 0.29) is 11.3 Å². The third-order valence-electron chi connectivity index (χ3n) is 3.50. The topological polar surface area (TPSA) is 46.3 Å². The number of hydrogen-bond acceptors (Lipinski definition) is 3. The number of nitrogens with zero attached hydrogens (tertiary/aromatic N) is 1. The van der Waals surface area contributed by atoms with Crippen LogP contribution in [0, 0.1) is 5.41 Å². The maximum atomic E-state index is 12.4. The number of thioether (sulfide) groups is 1. The average Bonchev–Trinajstić information content (AvgIpc) is 2.33. The first-order chi connectivity index (χ1) is 7.20. The zero-order valence-corrected chi connectivity index (χ0v) is 10.6. The maximum Gasteiger partial charge on any atom is 0.230 e. The zero-order chi connectivity index (χ0) is 11.3. The second kappa shape index (κ2) is 5.75. The second-order valence-corrected chi connectivity index (χ2v) is 5.32. The van der Waals surface area contributed by atoms with Crippen molar-refractivity contribution in [2.45, 2.75) is 26.7 Å². The summed E-state index contributed by atoms with van der Waals surface area (Å²) in [5, 5.41) is 0. The summed E-state index contributed by atoms with van der Waals surface area (Å²) in [6.07, 6.45) is 1.70. The van der Waals surface area contributed by atoms with Gasteiger partial charge in [-0.25, -0.2) is 0 Å². The molecule has 88 valence electrons. The van der Waals surface area contributed by atoms with Crippen LogP contribution in [0.4, 0.5) is 0 Å². The molecule has 0 aromatic carbocycles. The lowest BCUT2D eigenvalue weighted by molar-refractivity contribution is -0.141. The fraction of sp³-hybridized carbons (Fsp3) is 0.909. The molecule has 1 rings (SSSR count). The van der Waals surface area contributed by atoms with E-state index in [0.717, 1.165) is 37.4 Å². The van der Waals surface area contributed by atoms with Gasteiger partial charge in [0, 0.05) is 31.1 Å². The standard InChI is InChI=1S/C11H22N2OS/c1-3-11(4-2,9-12)10(14)13-5-7-15-8-6-13/h3-9,12H2,1-2H3. The largest absolute Gasteiger partial charge is 0.341 e. The van der Waals surface area contributed by atoms with E-state index < -0.39 is 0 Å². The van der Waals surface area contributed by atoms with Crippen LogP contribution >= 0.6 is 11.8 Å². The highest BCUT2D eigenvalue weighted by Gasteiger charge is 2.37. The van der Waals surface area contributed by atoms with Gasteiger partial charge in [0.2, 0.25) is 5.91 Å². The minimum atomic E-state index is -0.304. The third-order valence-corrected chi connectivity index (χ3v) is 4.44. The normalized spacial score (nSPS) is 17.9. The Labute approximate surface area is 96.8 Å². The molecule has 1 fully saturated rings. The Morgan fingerprint density at radius 3 is 2.27 bits per heavy atom. The second-order valence-electron chi connectivity index (χ2n) is 4.10. The number of hydrogen-bond donors (Lipinski definition) is 1. The van der Waals surface area contributed by atoms with Gasteiger partial charge in [-0.2, -0.15) is 11.8 Å². The predicted octanol–water partition coefficient (Wildman–Crippen LogP) is 1.33. The van der Waals surface area contributed by atoms with Crippen molar-refractivity contribution >= 4 is 17.7 Å². The summed E-state index contributed by atoms with van der Waals surface area (Å²) in [7, 11) is 0. The molecule has 0 spiro atoms. The highest BCUT2D eigenvalue weighted by molar-refractivity contribution is 7.99. The first kappa shape index (κ1) is 12.8. The molecule has 0 atom stereocenters. The number of rotatable bonds is 4. The molecule has 1 heterocycles. The first-order valence-electron chi connectivity index (χ1n) is 5.77. The van der Waals surface area contributed by atoms with Gasteiger partial charge < -0.3 is 10.6 Å². The van der Waals surface area contributed by atoms with Crippen LogP contribution in [0.2, 0.25) is 0 Å². The lowest BCUT2D eigenvalue weighted by atomic mass is 9.81. The molecule has 3 nitrogen and oxygen atoms in total. The zero-order valence-electron chi connectivity index (χ0n) is 9.79. The van der Waals surface area contributed by atoms with Crippen LogP contribution in [0.3, 0.4) is 0 Å². The molecule has 0 aromatic heterocycles. The van der Waals surface area contributed by atoms with Gasteiger partial charge in [0.25, 0.3) is 0 Å². The van der Waals surface area contributed by atoms with Gasteiger partial charge in [0.15, 0.2) is 0 Å². The molecule has 0 saturated carbocycles. The predicted molar refractivity (Wildman–Crippen MR) is 66.0 cm³/mol. The minimum absolute atomic E-state index is 0.273. The molecule has 15 heavy (non-hydrogen) atoms. The summed E-state index contributed by atoms with van der Waals surface area (Å²) < 4.78 is 0. The SMILES string of the molecule is CCC(CC)(CN)C(=O)N1CCSCC1. The summed E-state index contributed by atoms with van der Waals surface area (Å²) in [6.45, 7) is 6.39. The van der Waals surface area contributed by atoms with Crippen LogP contribution in [0.5, 0.6) is 0 Å². The monoisotopic (exact) mass is 230 g/mol. The molecule has 1 saturated heterocycles. The lowest BCUT2D eigenvalue weighted by Gasteiger charge is -2.36. The highest BCUT2D eigenvalue weighted by Crippen LogP contribution is 2.28. The van der Waals surface area contributed by atoms with E-state index in [9.17, 15) is 4.79 Å². The Balaban J connectivity index is 2.70. The number of nitrogens with two attached hydrogens (primary N) is 1. The van der Waals surface area contributed by atoms with E-state index in [2.05, 4.69) is 13.8 Å². The molecule has 1 aliphatic heterocycles. The van der Waals surface area contributed by atoms with Crippen LogP contribution in [-0.4, -0.2) is 41.9 Å². The van der Waals surface area contributed by atoms with Crippen molar-refractivity contribution in [3.05, 3.63) is 0 Å². The van der Waals surface area contributed by atoms with Crippen molar-refractivity contribution in [2.24, 2.45) is 11.1 Å². The number of carbonyl (C=O) groups excluding carboxylic acids is 1. The number of amides is 1. The van der Waals surface area contributed by atoms with Crippen LogP contribution in [0.1, 0.15) is 26.7 Å². The molecule has 0 bridgehead atoms. The van der Waals surface area contributed by atoms with Crippen molar-refractivity contribution in [3.8, 4) is 0 Å². The number of carbonyl (C=O) groups is 1. The van der Waals surface area contributed by atoms with Crippen molar-refractivity contribution < 1.29 is 4.79 Å². The summed E-state index contributed by atoms with van der Waals surface area (Å²) in [6, 6.07) is 0. The third kappa shape index (κ3) is 2.67. The Morgan fingerprint density at radius 2 is 1.87 bits per heavy atom. The van der Waals surface area contributed by atoms with Gasteiger partial charge in [-0.1, -0.05) is 13.8 Å². The van der Waals surface area contributed by atoms with Gasteiger partial charge in [-0.05, 0) is 12.8 Å². The Hall–Kier alpha value is -0.220. The molecule has 0 radical (unpaired) electrons. The Morgan fingerprint density at radius 1 is 1.33 bits per heavy atom. The molecule has 1 amide bonds. The van der Waals surface area contributed by atoms with Crippen molar-refractivity contribution in [2.75, 3.05) is 31.1 Å². The molecular weight excluding hydrogens is 208 g/mol. The maximum absolute atomic E-state index is 12.4. The van der Waals surface area contributed by atoms with E-state index in [4.69, 9.17) is 5.73 Å². The van der Waals surface area contributed by atoms with E-state index in [1.54, 1.807) is 0 Å². The van der Waals surface area contributed by atoms with Crippen LogP contribution in [-0.2, 0) is 4.79 Å². The summed E-state index contributed by atoms with van der Waals surface area (Å²) >= 11 is 1.92. The lowest BCUT2D eigenvalue weighted by Crippen LogP contribution is -2.50. The molecule has 0 aliphatic carbocycles. The summed E-state index contributed by atoms with van der Waals surface area (Å²) in [4.78, 5) is 14.3. The fourth-order valence-corrected chi connectivity index (χ4v) is 2.93. The van der Waals surface area contributed by atoms with Crippen LogP contribution < -0.4 is 5.73 Å². The first-order valence-corrected chi connectivity index (χ1v) is 6.93. The van der Waals surface area contributed by atoms with E-state index in [1.165, 1.54) is 0 Å². The smallest absolute Gasteiger partial charge is 0.230 e. The molecular formula is C11H22N2OS. The van der Waals surface area contributed by atoms with Crippen molar-refractivity contribution in [3.63, 3.8) is 0 Å². The Bertz CT molecular complexity index is 202. The minimum Gasteiger partial charge on any atom is -0.341 e. The molecule has 4 heteroatoms. The Kier molecular flexibility index (Phi) is 4.93. The van der Waals surface area contributed by atoms with Gasteiger partial charge in [0.1, 0.15) is 0 Å². The van der Waals surface area contributed by atoms with Gasteiger partial charge in [0.05, 0.1) is 5.41 Å². The van der Waals surface area contributed by atoms with Gasteiger partial charge >= 0.3 is 0 Å². The van der Waals surface area contributed by atoms with Crippen molar-refractivity contribution in [1.82, 2.24) is 4.90 Å². The van der Waals surface area contributed by atoms with E-state index >= 15 is 0 Å². The van der Waals surface area contributed by atoms with Gasteiger partial charge in [-0.3, -0.25) is 4.79 Å². The molecule has 0 unspecified atom stereocenters. The van der Waals surface area contributed by atoms with Crippen molar-refractivity contribution in [1.29, 1.82) is 0 Å². The molecule has 1 aliphatic rings. The quantitative estimate of drug-likeness (QED) is 0.792.